The van der Waals surface area contributed by atoms with E-state index in [2.05, 4.69) is 83.6 Å². The van der Waals surface area contributed by atoms with Crippen LogP contribution in [0.15, 0.2) is 143 Å². The van der Waals surface area contributed by atoms with Crippen LogP contribution in [0.5, 0.6) is 0 Å². The molecule has 44 heavy (non-hydrogen) atoms. The van der Waals surface area contributed by atoms with Crippen molar-refractivity contribution in [1.29, 1.82) is 0 Å². The van der Waals surface area contributed by atoms with Gasteiger partial charge in [0.25, 0.3) is 0 Å². The van der Waals surface area contributed by atoms with Crippen LogP contribution in [0.4, 0.5) is 0 Å². The fourth-order valence-corrected chi connectivity index (χ4v) is 5.41. The zero-order valence-electron chi connectivity index (χ0n) is 25.0. The van der Waals surface area contributed by atoms with E-state index in [1.807, 2.05) is 67.9 Å². The first-order valence-electron chi connectivity index (χ1n) is 14.6. The van der Waals surface area contributed by atoms with Crippen LogP contribution in [0.1, 0.15) is 42.0 Å². The summed E-state index contributed by atoms with van der Waals surface area (Å²) >= 11 is 0. The molecule has 0 radical (unpaired) electrons. The summed E-state index contributed by atoms with van der Waals surface area (Å²) in [6, 6.07) is 35.0. The molecule has 6 rings (SSSR count). The van der Waals surface area contributed by atoms with Crippen LogP contribution in [0.3, 0.4) is 0 Å². The van der Waals surface area contributed by atoms with Crippen molar-refractivity contribution in [3.8, 4) is 11.1 Å². The smallest absolute Gasteiger partial charge is 0.143 e. The summed E-state index contributed by atoms with van der Waals surface area (Å²) in [6.07, 6.45) is 9.21. The van der Waals surface area contributed by atoms with E-state index >= 15 is 0 Å². The molecule has 0 aliphatic heterocycles. The molecule has 2 heterocycles. The number of aliphatic imine (C=N–C) groups is 1. The first-order valence-corrected chi connectivity index (χ1v) is 14.6. The Hall–Kier alpha value is -5.46. The van der Waals surface area contributed by atoms with E-state index in [0.717, 1.165) is 49.8 Å². The van der Waals surface area contributed by atoms with Crippen LogP contribution in [-0.4, -0.2) is 17.5 Å². The second-order valence-electron chi connectivity index (χ2n) is 10.3. The van der Waals surface area contributed by atoms with Crippen LogP contribution < -0.4 is 17.2 Å². The molecule has 0 saturated carbocycles. The molecule has 0 amide bonds. The van der Waals surface area contributed by atoms with Gasteiger partial charge in [0.15, 0.2) is 0 Å². The lowest BCUT2D eigenvalue weighted by Crippen LogP contribution is -2.15. The lowest BCUT2D eigenvalue weighted by atomic mass is 9.88. The number of amidine groups is 1. The van der Waals surface area contributed by atoms with Crippen LogP contribution >= 0.6 is 0 Å². The molecule has 0 aliphatic rings. The molecule has 4 aromatic carbocycles. The molecule has 0 spiro atoms. The summed E-state index contributed by atoms with van der Waals surface area (Å²) in [5, 5.41) is 2.27. The summed E-state index contributed by atoms with van der Waals surface area (Å²) in [7, 11) is 0. The largest absolute Gasteiger partial charge is 0.455 e. The van der Waals surface area contributed by atoms with E-state index in [4.69, 9.17) is 21.6 Å². The minimum Gasteiger partial charge on any atom is -0.455 e. The van der Waals surface area contributed by atoms with Crippen LogP contribution in [-0.2, 0) is 0 Å². The molecule has 6 N–H and O–H groups in total. The first kappa shape index (κ1) is 30.0. The normalized spacial score (nSPS) is 12.8. The predicted molar refractivity (Wildman–Crippen MR) is 184 cm³/mol. The summed E-state index contributed by atoms with van der Waals surface area (Å²) < 4.78 is 6.50. The molecule has 0 aliphatic carbocycles. The molecule has 0 saturated heterocycles. The summed E-state index contributed by atoms with van der Waals surface area (Å²) in [5.74, 6) is 0.724. The van der Waals surface area contributed by atoms with Gasteiger partial charge in [-0.15, -0.1) is 0 Å². The SMILES string of the molecule is C/C=C(\C=C/N)c1cc(-c2ccncc2)cc2c1oc1cccc(C(C)c3ccccc3)c12.NC/N=C(\N)c1ccccc1. The van der Waals surface area contributed by atoms with Gasteiger partial charge >= 0.3 is 0 Å². The second kappa shape index (κ2) is 14.1. The minimum absolute atomic E-state index is 0.230. The first-order chi connectivity index (χ1) is 21.5. The summed E-state index contributed by atoms with van der Waals surface area (Å²) in [6.45, 7) is 4.51. The maximum Gasteiger partial charge on any atom is 0.143 e. The maximum atomic E-state index is 6.50. The molecule has 0 fully saturated rings. The lowest BCUT2D eigenvalue weighted by Gasteiger charge is -2.14. The maximum absolute atomic E-state index is 6.50. The van der Waals surface area contributed by atoms with Crippen molar-refractivity contribution in [3.05, 3.63) is 156 Å². The Morgan fingerprint density at radius 2 is 1.59 bits per heavy atom. The molecule has 220 valence electrons. The van der Waals surface area contributed by atoms with Crippen LogP contribution in [0.2, 0.25) is 0 Å². The number of pyridine rings is 1. The zero-order valence-corrected chi connectivity index (χ0v) is 25.0. The van der Waals surface area contributed by atoms with E-state index < -0.39 is 0 Å². The fraction of sp³-hybridized carbons (Fsp3) is 0.105. The number of benzene rings is 4. The van der Waals surface area contributed by atoms with Crippen molar-refractivity contribution in [1.82, 2.24) is 4.98 Å². The Balaban J connectivity index is 0.000000296. The second-order valence-corrected chi connectivity index (χ2v) is 10.3. The molecule has 6 nitrogen and oxygen atoms in total. The Kier molecular flexibility index (Phi) is 9.64. The number of nitrogens with two attached hydrogens (primary N) is 3. The Morgan fingerprint density at radius 3 is 2.25 bits per heavy atom. The molecule has 0 bridgehead atoms. The van der Waals surface area contributed by atoms with Gasteiger partial charge in [-0.2, -0.15) is 0 Å². The van der Waals surface area contributed by atoms with Crippen LogP contribution in [0, 0.1) is 0 Å². The van der Waals surface area contributed by atoms with Gasteiger partial charge in [0.1, 0.15) is 17.0 Å². The number of aromatic nitrogens is 1. The average molecular weight is 580 g/mol. The predicted octanol–water partition coefficient (Wildman–Crippen LogP) is 7.98. The van der Waals surface area contributed by atoms with Crippen molar-refractivity contribution in [2.45, 2.75) is 19.8 Å². The third-order valence-electron chi connectivity index (χ3n) is 7.64. The van der Waals surface area contributed by atoms with E-state index in [9.17, 15) is 0 Å². The number of hydrogen-bond acceptors (Lipinski definition) is 5. The number of rotatable bonds is 7. The number of allylic oxidation sites excluding steroid dienone is 3. The van der Waals surface area contributed by atoms with Crippen molar-refractivity contribution in [3.63, 3.8) is 0 Å². The molecular formula is C38H37N5O. The van der Waals surface area contributed by atoms with Gasteiger partial charge in [-0.05, 0) is 77.4 Å². The van der Waals surface area contributed by atoms with Crippen molar-refractivity contribution >= 4 is 33.3 Å². The topological polar surface area (TPSA) is 116 Å². The lowest BCUT2D eigenvalue weighted by molar-refractivity contribution is 0.667. The number of furan rings is 1. The van der Waals surface area contributed by atoms with Crippen molar-refractivity contribution < 1.29 is 4.42 Å². The number of hydrogen-bond donors (Lipinski definition) is 3. The average Bonchev–Trinajstić information content (AvgIpc) is 3.47. The number of fused-ring (bicyclic) bond motifs is 3. The van der Waals surface area contributed by atoms with E-state index in [1.165, 1.54) is 11.1 Å². The van der Waals surface area contributed by atoms with Gasteiger partial charge in [-0.3, -0.25) is 9.98 Å². The van der Waals surface area contributed by atoms with Crippen molar-refractivity contribution in [2.24, 2.45) is 22.2 Å². The minimum atomic E-state index is 0.230. The Bertz CT molecular complexity index is 1920. The van der Waals surface area contributed by atoms with E-state index in [-0.39, 0.29) is 12.6 Å². The molecule has 6 heteroatoms. The van der Waals surface area contributed by atoms with E-state index in [1.54, 1.807) is 6.20 Å². The van der Waals surface area contributed by atoms with Gasteiger partial charge in [0.05, 0.1) is 6.67 Å². The number of nitrogens with zero attached hydrogens (tertiary/aromatic N) is 2. The molecule has 1 unspecified atom stereocenters. The highest BCUT2D eigenvalue weighted by Crippen LogP contribution is 2.41. The third kappa shape index (κ3) is 6.46. The van der Waals surface area contributed by atoms with Crippen molar-refractivity contribution in [2.75, 3.05) is 6.67 Å². The fourth-order valence-electron chi connectivity index (χ4n) is 5.41. The standard InChI is InChI=1S/C30H26N2O.C8H11N3/c1-3-21(12-15-31)26-18-24(23-13-16-32-17-14-23)19-27-29-25(10-7-11-28(29)33-30(26)27)20(2)22-8-5-4-6-9-22;9-6-11-8(10)7-4-2-1-3-5-7/h3-20H,31H2,1-2H3;1-5H,6,9H2,(H2,10,11)/b15-12-,21-3+;. The zero-order chi connectivity index (χ0) is 30.9. The molecule has 1 atom stereocenters. The summed E-state index contributed by atoms with van der Waals surface area (Å²) in [5.41, 5.74) is 26.1. The van der Waals surface area contributed by atoms with E-state index in [0.29, 0.717) is 5.84 Å². The highest BCUT2D eigenvalue weighted by atomic mass is 16.3. The molecule has 2 aromatic heterocycles. The quantitative estimate of drug-likeness (QED) is 0.101. The highest BCUT2D eigenvalue weighted by molar-refractivity contribution is 6.12. The molecular weight excluding hydrogens is 542 g/mol. The monoisotopic (exact) mass is 579 g/mol. The highest BCUT2D eigenvalue weighted by Gasteiger charge is 2.20. The van der Waals surface area contributed by atoms with Gasteiger partial charge < -0.3 is 21.6 Å². The van der Waals surface area contributed by atoms with Gasteiger partial charge in [-0.1, -0.05) is 85.8 Å². The summed E-state index contributed by atoms with van der Waals surface area (Å²) in [4.78, 5) is 8.06. The third-order valence-corrected chi connectivity index (χ3v) is 7.64. The van der Waals surface area contributed by atoms with Crippen LogP contribution in [0.25, 0.3) is 38.6 Å². The Morgan fingerprint density at radius 1 is 0.886 bits per heavy atom. The molecule has 6 aromatic rings. The Labute approximate surface area is 258 Å². The van der Waals surface area contributed by atoms with Gasteiger partial charge in [-0.25, -0.2) is 0 Å². The van der Waals surface area contributed by atoms with Gasteiger partial charge in [0, 0.05) is 40.2 Å². The van der Waals surface area contributed by atoms with Gasteiger partial charge in [0.2, 0.25) is 0 Å².